The first kappa shape index (κ1) is 20.9. The van der Waals surface area contributed by atoms with Gasteiger partial charge in [-0.25, -0.2) is 4.79 Å². The monoisotopic (exact) mass is 429 g/mol. The molecule has 32 heavy (non-hydrogen) atoms. The normalized spacial score (nSPS) is 23.2. The highest BCUT2D eigenvalue weighted by atomic mass is 16.6. The number of quaternary nitrogens is 1. The molecule has 5 nitrogen and oxygen atoms in total. The number of piperidine rings is 1. The van der Waals surface area contributed by atoms with Gasteiger partial charge >= 0.3 is 5.97 Å². The molecule has 2 heterocycles. The molecule has 2 atom stereocenters. The van der Waals surface area contributed by atoms with Crippen LogP contribution in [0.15, 0.2) is 73.1 Å². The Hall–Kier alpha value is -3.02. The molecule has 5 heteroatoms. The number of nitrogens with zero attached hydrogens (tertiary/aromatic N) is 2. The lowest BCUT2D eigenvalue weighted by Gasteiger charge is -2.41. The van der Waals surface area contributed by atoms with E-state index in [4.69, 9.17) is 4.74 Å². The Morgan fingerprint density at radius 1 is 1.06 bits per heavy atom. The Labute approximate surface area is 188 Å². The van der Waals surface area contributed by atoms with E-state index in [1.807, 2.05) is 60.9 Å². The minimum atomic E-state index is -1.76. The van der Waals surface area contributed by atoms with Crippen LogP contribution < -0.4 is 0 Å². The predicted molar refractivity (Wildman–Crippen MR) is 123 cm³/mol. The Morgan fingerprint density at radius 3 is 2.34 bits per heavy atom. The van der Waals surface area contributed by atoms with Crippen LogP contribution in [0.2, 0.25) is 0 Å². The van der Waals surface area contributed by atoms with Gasteiger partial charge < -0.3 is 14.3 Å². The van der Waals surface area contributed by atoms with Gasteiger partial charge in [-0.2, -0.15) is 0 Å². The lowest BCUT2D eigenvalue weighted by molar-refractivity contribution is -0.916. The van der Waals surface area contributed by atoms with Crippen LogP contribution in [-0.2, 0) is 21.6 Å². The largest absolute Gasteiger partial charge is 0.454 e. The van der Waals surface area contributed by atoms with Crippen molar-refractivity contribution in [1.29, 1.82) is 0 Å². The number of rotatable bonds is 5. The maximum absolute atomic E-state index is 13.5. The van der Waals surface area contributed by atoms with E-state index in [0.717, 1.165) is 54.5 Å². The zero-order valence-electron chi connectivity index (χ0n) is 18.4. The number of pyridine rings is 1. The third kappa shape index (κ3) is 3.61. The van der Waals surface area contributed by atoms with Crippen molar-refractivity contribution in [2.75, 3.05) is 26.7 Å². The molecule has 0 bridgehead atoms. The smallest absolute Gasteiger partial charge is 0.348 e. The number of benzene rings is 2. The van der Waals surface area contributed by atoms with Crippen LogP contribution >= 0.6 is 0 Å². The number of carbonyl (C=O) groups is 1. The van der Waals surface area contributed by atoms with Crippen molar-refractivity contribution >= 4 is 5.97 Å². The molecule has 1 aromatic heterocycles. The summed E-state index contributed by atoms with van der Waals surface area (Å²) >= 11 is 0. The van der Waals surface area contributed by atoms with Crippen molar-refractivity contribution in [3.8, 4) is 11.1 Å². The summed E-state index contributed by atoms with van der Waals surface area (Å²) < 4.78 is 6.88. The molecular weight excluding hydrogens is 400 g/mol. The van der Waals surface area contributed by atoms with Crippen LogP contribution in [0.5, 0.6) is 0 Å². The number of hydrogen-bond donors (Lipinski definition) is 1. The summed E-state index contributed by atoms with van der Waals surface area (Å²) in [5.74, 6) is -0.567. The predicted octanol–water partition coefficient (Wildman–Crippen LogP) is 3.69. The average molecular weight is 430 g/mol. The number of likely N-dealkylation sites (N-methyl/N-ethyl adjacent to an activating group) is 1. The molecule has 0 radical (unpaired) electrons. The first-order valence-corrected chi connectivity index (χ1v) is 11.3. The molecule has 1 aliphatic heterocycles. The van der Waals surface area contributed by atoms with Crippen molar-refractivity contribution in [3.05, 3.63) is 89.7 Å². The molecule has 0 amide bonds. The third-order valence-corrected chi connectivity index (χ3v) is 7.05. The number of ether oxygens (including phenoxy) is 1. The second-order valence-corrected chi connectivity index (χ2v) is 9.33. The molecule has 1 unspecified atom stereocenters. The summed E-state index contributed by atoms with van der Waals surface area (Å²) in [7, 11) is 2.23. The molecule has 1 fully saturated rings. The summed E-state index contributed by atoms with van der Waals surface area (Å²) in [6.45, 7) is 2.80. The molecule has 2 aromatic carbocycles. The zero-order chi connectivity index (χ0) is 22.2. The Balaban J connectivity index is 1.34. The van der Waals surface area contributed by atoms with E-state index in [2.05, 4.69) is 24.2 Å². The van der Waals surface area contributed by atoms with E-state index < -0.39 is 11.6 Å². The summed E-state index contributed by atoms with van der Waals surface area (Å²) in [6.07, 6.45) is 6.24. The minimum absolute atomic E-state index is 0.206. The van der Waals surface area contributed by atoms with Crippen LogP contribution in [0.1, 0.15) is 29.5 Å². The molecule has 0 spiro atoms. The number of likely N-dealkylation sites (tertiary alicyclic amines) is 1. The van der Waals surface area contributed by atoms with Gasteiger partial charge in [0.2, 0.25) is 5.60 Å². The second kappa shape index (κ2) is 8.15. The number of fused-ring (bicyclic) bond motifs is 3. The van der Waals surface area contributed by atoms with Crippen LogP contribution in [0, 0.1) is 0 Å². The zero-order valence-corrected chi connectivity index (χ0v) is 18.4. The van der Waals surface area contributed by atoms with Gasteiger partial charge in [-0.1, -0.05) is 48.5 Å². The van der Waals surface area contributed by atoms with Gasteiger partial charge in [0.25, 0.3) is 0 Å². The highest BCUT2D eigenvalue weighted by Crippen LogP contribution is 2.48. The van der Waals surface area contributed by atoms with Crippen molar-refractivity contribution in [2.45, 2.75) is 31.0 Å². The van der Waals surface area contributed by atoms with Crippen molar-refractivity contribution in [1.82, 2.24) is 4.98 Å². The topological polar surface area (TPSA) is 59.4 Å². The lowest BCUT2D eigenvalue weighted by atomic mass is 9.91. The van der Waals surface area contributed by atoms with Crippen LogP contribution in [-0.4, -0.2) is 53.3 Å². The number of esters is 1. The molecule has 5 rings (SSSR count). The Bertz CT molecular complexity index is 1090. The minimum Gasteiger partial charge on any atom is -0.454 e. The fraction of sp³-hybridized carbons (Fsp3) is 0.333. The summed E-state index contributed by atoms with van der Waals surface area (Å²) in [5.41, 5.74) is 2.51. The molecular formula is C27H29N2O3+. The molecule has 1 N–H and O–H groups in total. The van der Waals surface area contributed by atoms with Gasteiger partial charge in [0.1, 0.15) is 6.54 Å². The van der Waals surface area contributed by atoms with E-state index in [1.165, 1.54) is 5.56 Å². The Morgan fingerprint density at radius 2 is 1.69 bits per heavy atom. The first-order valence-electron chi connectivity index (χ1n) is 11.3. The van der Waals surface area contributed by atoms with E-state index >= 15 is 0 Å². The van der Waals surface area contributed by atoms with E-state index in [0.29, 0.717) is 11.1 Å². The quantitative estimate of drug-likeness (QED) is 0.496. The molecule has 2 aliphatic rings. The molecule has 164 valence electrons. The van der Waals surface area contributed by atoms with Crippen molar-refractivity contribution in [2.24, 2.45) is 0 Å². The van der Waals surface area contributed by atoms with Crippen LogP contribution in [0.4, 0.5) is 0 Å². The molecule has 0 saturated carbocycles. The fourth-order valence-corrected chi connectivity index (χ4v) is 5.29. The lowest BCUT2D eigenvalue weighted by Crippen LogP contribution is -2.55. The number of aromatic nitrogens is 1. The first-order chi connectivity index (χ1) is 15.5. The number of carbonyl (C=O) groups excluding carboxylic acids is 1. The number of aliphatic hydroxyl groups is 1. The van der Waals surface area contributed by atoms with E-state index in [1.54, 1.807) is 0 Å². The van der Waals surface area contributed by atoms with Gasteiger partial charge in [0, 0.05) is 36.4 Å². The SMILES string of the molecule is C[N+]1(CCc2ccncc2)CCC[C@@H](OC(=O)C2(O)c3ccccc3-c3ccccc32)C1. The van der Waals surface area contributed by atoms with E-state index in [-0.39, 0.29) is 6.10 Å². The second-order valence-electron chi connectivity index (χ2n) is 9.33. The summed E-state index contributed by atoms with van der Waals surface area (Å²) in [5, 5.41) is 11.7. The molecule has 3 aromatic rings. The van der Waals surface area contributed by atoms with Crippen molar-refractivity contribution in [3.63, 3.8) is 0 Å². The maximum Gasteiger partial charge on any atom is 0.348 e. The summed E-state index contributed by atoms with van der Waals surface area (Å²) in [4.78, 5) is 17.6. The van der Waals surface area contributed by atoms with Gasteiger partial charge in [-0.15, -0.1) is 0 Å². The fourth-order valence-electron chi connectivity index (χ4n) is 5.29. The van der Waals surface area contributed by atoms with E-state index in [9.17, 15) is 9.90 Å². The average Bonchev–Trinajstić information content (AvgIpc) is 3.09. The van der Waals surface area contributed by atoms with Gasteiger partial charge in [0.15, 0.2) is 6.10 Å². The highest BCUT2D eigenvalue weighted by Gasteiger charge is 2.50. The molecule has 1 aliphatic carbocycles. The van der Waals surface area contributed by atoms with Crippen molar-refractivity contribution < 1.29 is 19.1 Å². The number of hydrogen-bond acceptors (Lipinski definition) is 4. The maximum atomic E-state index is 13.5. The highest BCUT2D eigenvalue weighted by molar-refractivity contribution is 5.96. The van der Waals surface area contributed by atoms with Crippen LogP contribution in [0.3, 0.4) is 0 Å². The standard InChI is InChI=1S/C27H29N2O3/c1-29(18-14-20-12-15-28-16-13-20)17-6-7-21(19-29)32-26(30)27(31)24-10-4-2-8-22(24)23-9-3-5-11-25(23)27/h2-5,8-13,15-16,21,31H,6-7,14,17-19H2,1H3/q+1/t21-,29?/m1/s1. The Kier molecular flexibility index (Phi) is 5.31. The molecule has 1 saturated heterocycles. The third-order valence-electron chi connectivity index (χ3n) is 7.05. The summed E-state index contributed by atoms with van der Waals surface area (Å²) in [6, 6.07) is 19.2. The van der Waals surface area contributed by atoms with Gasteiger partial charge in [0.05, 0.1) is 20.1 Å². The van der Waals surface area contributed by atoms with Gasteiger partial charge in [-0.3, -0.25) is 4.98 Å². The van der Waals surface area contributed by atoms with Crippen LogP contribution in [0.25, 0.3) is 11.1 Å². The van der Waals surface area contributed by atoms with Gasteiger partial charge in [-0.05, 0) is 35.2 Å².